The average Bonchev–Trinajstić information content (AvgIpc) is 2.38. The zero-order valence-electron chi connectivity index (χ0n) is 9.64. The SMILES string of the molecule is Nc1nccnc1C(=O)OCc1ccc(Cl)cc1Cl. The van der Waals surface area contributed by atoms with Gasteiger partial charge in [-0.05, 0) is 12.1 Å². The minimum Gasteiger partial charge on any atom is -0.456 e. The van der Waals surface area contributed by atoms with Gasteiger partial charge in [0.1, 0.15) is 6.61 Å². The fourth-order valence-corrected chi connectivity index (χ4v) is 1.82. The van der Waals surface area contributed by atoms with Crippen LogP contribution in [0, 0.1) is 0 Å². The Kier molecular flexibility index (Phi) is 4.19. The molecule has 98 valence electrons. The highest BCUT2D eigenvalue weighted by molar-refractivity contribution is 6.35. The van der Waals surface area contributed by atoms with E-state index in [-0.39, 0.29) is 18.1 Å². The van der Waals surface area contributed by atoms with E-state index >= 15 is 0 Å². The predicted octanol–water partition coefficient (Wildman–Crippen LogP) is 2.72. The van der Waals surface area contributed by atoms with Crippen LogP contribution in [0.3, 0.4) is 0 Å². The maximum atomic E-state index is 11.7. The summed E-state index contributed by atoms with van der Waals surface area (Å²) in [5.41, 5.74) is 6.14. The lowest BCUT2D eigenvalue weighted by atomic mass is 10.2. The number of carbonyl (C=O) groups is 1. The lowest BCUT2D eigenvalue weighted by Gasteiger charge is -2.07. The van der Waals surface area contributed by atoms with Gasteiger partial charge in [0.2, 0.25) is 0 Å². The molecule has 2 rings (SSSR count). The molecule has 7 heteroatoms. The van der Waals surface area contributed by atoms with Crippen molar-refractivity contribution in [2.24, 2.45) is 0 Å². The van der Waals surface area contributed by atoms with Gasteiger partial charge in [0.25, 0.3) is 0 Å². The van der Waals surface area contributed by atoms with E-state index in [1.54, 1.807) is 18.2 Å². The van der Waals surface area contributed by atoms with Crippen molar-refractivity contribution in [2.45, 2.75) is 6.61 Å². The molecule has 1 heterocycles. The lowest BCUT2D eigenvalue weighted by Crippen LogP contribution is -2.11. The van der Waals surface area contributed by atoms with Crippen LogP contribution in [0.15, 0.2) is 30.6 Å². The quantitative estimate of drug-likeness (QED) is 0.881. The predicted molar refractivity (Wildman–Crippen MR) is 72.0 cm³/mol. The Morgan fingerprint density at radius 1 is 1.26 bits per heavy atom. The molecule has 0 saturated heterocycles. The summed E-state index contributed by atoms with van der Waals surface area (Å²) in [6, 6.07) is 4.91. The molecule has 0 saturated carbocycles. The van der Waals surface area contributed by atoms with Crippen molar-refractivity contribution >= 4 is 35.0 Å². The molecule has 0 fully saturated rings. The monoisotopic (exact) mass is 297 g/mol. The first-order valence-corrected chi connectivity index (χ1v) is 6.01. The minimum atomic E-state index is -0.656. The van der Waals surface area contributed by atoms with Gasteiger partial charge in [-0.25, -0.2) is 14.8 Å². The fraction of sp³-hybridized carbons (Fsp3) is 0.0833. The number of carbonyl (C=O) groups excluding carboxylic acids is 1. The second kappa shape index (κ2) is 5.86. The number of nitrogens with two attached hydrogens (primary N) is 1. The van der Waals surface area contributed by atoms with Gasteiger partial charge in [-0.3, -0.25) is 0 Å². The van der Waals surface area contributed by atoms with E-state index in [1.165, 1.54) is 12.4 Å². The van der Waals surface area contributed by atoms with E-state index < -0.39 is 5.97 Å². The van der Waals surface area contributed by atoms with Crippen LogP contribution >= 0.6 is 23.2 Å². The van der Waals surface area contributed by atoms with E-state index in [0.29, 0.717) is 15.6 Å². The molecule has 2 N–H and O–H groups in total. The van der Waals surface area contributed by atoms with Gasteiger partial charge in [0.05, 0.1) is 0 Å². The van der Waals surface area contributed by atoms with Crippen LogP contribution in [0.4, 0.5) is 5.82 Å². The molecule has 2 aromatic rings. The van der Waals surface area contributed by atoms with Crippen LogP contribution in [0.25, 0.3) is 0 Å². The van der Waals surface area contributed by atoms with Crippen molar-refractivity contribution in [1.29, 1.82) is 0 Å². The number of hydrogen-bond donors (Lipinski definition) is 1. The van der Waals surface area contributed by atoms with Gasteiger partial charge in [0.15, 0.2) is 11.5 Å². The number of nitrogen functional groups attached to an aromatic ring is 1. The lowest BCUT2D eigenvalue weighted by molar-refractivity contribution is 0.0467. The summed E-state index contributed by atoms with van der Waals surface area (Å²) in [4.78, 5) is 19.3. The molecule has 0 amide bonds. The van der Waals surface area contributed by atoms with Crippen LogP contribution < -0.4 is 5.73 Å². The van der Waals surface area contributed by atoms with Crippen LogP contribution in [0.1, 0.15) is 16.1 Å². The second-order valence-electron chi connectivity index (χ2n) is 3.60. The first-order valence-electron chi connectivity index (χ1n) is 5.25. The van der Waals surface area contributed by atoms with Gasteiger partial charge < -0.3 is 10.5 Å². The molecule has 0 aliphatic heterocycles. The molecule has 0 aliphatic carbocycles. The van der Waals surface area contributed by atoms with Crippen molar-refractivity contribution in [3.63, 3.8) is 0 Å². The maximum Gasteiger partial charge on any atom is 0.361 e. The first kappa shape index (κ1) is 13.6. The fourth-order valence-electron chi connectivity index (χ4n) is 1.36. The Hall–Kier alpha value is -1.85. The summed E-state index contributed by atoms with van der Waals surface area (Å²) < 4.78 is 5.07. The molecule has 0 spiro atoms. The summed E-state index contributed by atoms with van der Waals surface area (Å²) in [5, 5.41) is 0.936. The van der Waals surface area contributed by atoms with E-state index in [2.05, 4.69) is 9.97 Å². The topological polar surface area (TPSA) is 78.1 Å². The van der Waals surface area contributed by atoms with Gasteiger partial charge in [-0.15, -0.1) is 0 Å². The summed E-state index contributed by atoms with van der Waals surface area (Å²) in [6.07, 6.45) is 2.75. The number of nitrogens with zero attached hydrogens (tertiary/aromatic N) is 2. The Morgan fingerprint density at radius 2 is 2.00 bits per heavy atom. The number of esters is 1. The van der Waals surface area contributed by atoms with Gasteiger partial charge in [-0.2, -0.15) is 0 Å². The molecular formula is C12H9Cl2N3O2. The Balaban J connectivity index is 2.07. The zero-order chi connectivity index (χ0) is 13.8. The van der Waals surface area contributed by atoms with Gasteiger partial charge in [0, 0.05) is 28.0 Å². The molecule has 0 unspecified atom stereocenters. The maximum absolute atomic E-state index is 11.7. The highest BCUT2D eigenvalue weighted by Gasteiger charge is 2.14. The number of benzene rings is 1. The molecule has 1 aromatic carbocycles. The number of hydrogen-bond acceptors (Lipinski definition) is 5. The highest BCUT2D eigenvalue weighted by Crippen LogP contribution is 2.22. The van der Waals surface area contributed by atoms with Crippen molar-refractivity contribution < 1.29 is 9.53 Å². The van der Waals surface area contributed by atoms with Crippen molar-refractivity contribution in [2.75, 3.05) is 5.73 Å². The molecule has 19 heavy (non-hydrogen) atoms. The highest BCUT2D eigenvalue weighted by atomic mass is 35.5. The number of anilines is 1. The Bertz CT molecular complexity index is 620. The van der Waals surface area contributed by atoms with E-state index in [1.807, 2.05) is 0 Å². The average molecular weight is 298 g/mol. The first-order chi connectivity index (χ1) is 9.08. The third-order valence-electron chi connectivity index (χ3n) is 2.29. The number of rotatable bonds is 3. The summed E-state index contributed by atoms with van der Waals surface area (Å²) in [6.45, 7) is 0.00481. The van der Waals surface area contributed by atoms with Crippen LogP contribution in [0.2, 0.25) is 10.0 Å². The second-order valence-corrected chi connectivity index (χ2v) is 4.45. The molecule has 5 nitrogen and oxygen atoms in total. The molecule has 0 radical (unpaired) electrons. The normalized spacial score (nSPS) is 10.2. The summed E-state index contributed by atoms with van der Waals surface area (Å²) in [5.74, 6) is -0.633. The molecule has 0 aliphatic rings. The zero-order valence-corrected chi connectivity index (χ0v) is 11.1. The van der Waals surface area contributed by atoms with Gasteiger partial charge in [-0.1, -0.05) is 29.3 Å². The van der Waals surface area contributed by atoms with Crippen LogP contribution in [-0.4, -0.2) is 15.9 Å². The van der Waals surface area contributed by atoms with Crippen molar-refractivity contribution in [3.8, 4) is 0 Å². The number of halogens is 2. The standard InChI is InChI=1S/C12H9Cl2N3O2/c13-8-2-1-7(9(14)5-8)6-19-12(18)10-11(15)17-4-3-16-10/h1-5H,6H2,(H2,15,17). The van der Waals surface area contributed by atoms with Gasteiger partial charge >= 0.3 is 5.97 Å². The molecule has 0 bridgehead atoms. The number of ether oxygens (including phenoxy) is 1. The van der Waals surface area contributed by atoms with E-state index in [9.17, 15) is 4.79 Å². The Labute approximate surface area is 119 Å². The smallest absolute Gasteiger partial charge is 0.361 e. The van der Waals surface area contributed by atoms with Crippen LogP contribution in [0.5, 0.6) is 0 Å². The van der Waals surface area contributed by atoms with E-state index in [0.717, 1.165) is 0 Å². The molecule has 1 aromatic heterocycles. The minimum absolute atomic E-state index is 0.00481. The Morgan fingerprint density at radius 3 is 2.68 bits per heavy atom. The largest absolute Gasteiger partial charge is 0.456 e. The van der Waals surface area contributed by atoms with Crippen molar-refractivity contribution in [1.82, 2.24) is 9.97 Å². The van der Waals surface area contributed by atoms with E-state index in [4.69, 9.17) is 33.7 Å². The summed E-state index contributed by atoms with van der Waals surface area (Å²) in [7, 11) is 0. The summed E-state index contributed by atoms with van der Waals surface area (Å²) >= 11 is 11.7. The number of aromatic nitrogens is 2. The van der Waals surface area contributed by atoms with Crippen LogP contribution in [-0.2, 0) is 11.3 Å². The molecular weight excluding hydrogens is 289 g/mol. The van der Waals surface area contributed by atoms with Crippen molar-refractivity contribution in [3.05, 3.63) is 51.9 Å². The third-order valence-corrected chi connectivity index (χ3v) is 2.88. The molecule has 0 atom stereocenters. The third kappa shape index (κ3) is 3.33.